The van der Waals surface area contributed by atoms with Gasteiger partial charge in [-0.15, -0.1) is 11.3 Å². The van der Waals surface area contributed by atoms with E-state index in [-0.39, 0.29) is 10.4 Å². The summed E-state index contributed by atoms with van der Waals surface area (Å²) in [7, 11) is -3.70. The maximum absolute atomic E-state index is 12.5. The number of hydrogen-bond donors (Lipinski definition) is 2. The van der Waals surface area contributed by atoms with E-state index < -0.39 is 10.0 Å². The van der Waals surface area contributed by atoms with Crippen molar-refractivity contribution in [1.29, 1.82) is 0 Å². The van der Waals surface area contributed by atoms with E-state index in [0.717, 1.165) is 18.8 Å². The van der Waals surface area contributed by atoms with E-state index >= 15 is 0 Å². The van der Waals surface area contributed by atoms with Gasteiger partial charge in [-0.1, -0.05) is 18.5 Å². The fourth-order valence-electron chi connectivity index (χ4n) is 4.39. The smallest absolute Gasteiger partial charge is 0.263 e. The molecule has 2 atom stereocenters. The first-order valence-corrected chi connectivity index (χ1v) is 11.8. The van der Waals surface area contributed by atoms with Gasteiger partial charge in [0, 0.05) is 30.2 Å². The molecular weight excluding hydrogens is 404 g/mol. The Labute approximate surface area is 169 Å². The van der Waals surface area contributed by atoms with Crippen molar-refractivity contribution in [3.63, 3.8) is 0 Å². The van der Waals surface area contributed by atoms with E-state index in [1.165, 1.54) is 43.2 Å². The van der Waals surface area contributed by atoms with Crippen LogP contribution < -0.4 is 10.0 Å². The van der Waals surface area contributed by atoms with Crippen LogP contribution in [0.1, 0.15) is 26.2 Å². The molecule has 27 heavy (non-hydrogen) atoms. The lowest BCUT2D eigenvalue weighted by Crippen LogP contribution is -2.44. The molecule has 2 saturated heterocycles. The second-order valence-electron chi connectivity index (χ2n) is 7.52. The molecule has 0 amide bonds. The van der Waals surface area contributed by atoms with E-state index in [9.17, 15) is 8.42 Å². The number of benzene rings is 1. The van der Waals surface area contributed by atoms with Crippen molar-refractivity contribution in [1.82, 2.24) is 9.88 Å². The summed E-state index contributed by atoms with van der Waals surface area (Å²) >= 11 is 7.62. The van der Waals surface area contributed by atoms with Crippen LogP contribution in [0.2, 0.25) is 5.02 Å². The first kappa shape index (κ1) is 19.0. The van der Waals surface area contributed by atoms with Gasteiger partial charge in [0.25, 0.3) is 10.0 Å². The Hall–Kier alpha value is -1.35. The zero-order valence-electron chi connectivity index (χ0n) is 15.1. The molecular formula is C18H23ClN4O2S2. The van der Waals surface area contributed by atoms with Crippen LogP contribution in [0.25, 0.3) is 0 Å². The number of fused-ring (bicyclic) bond motifs is 1. The zero-order valence-corrected chi connectivity index (χ0v) is 17.5. The monoisotopic (exact) mass is 426 g/mol. The Morgan fingerprint density at radius 1 is 1.44 bits per heavy atom. The molecule has 0 bridgehead atoms. The zero-order chi connectivity index (χ0) is 19.1. The van der Waals surface area contributed by atoms with Crippen LogP contribution in [0, 0.1) is 5.92 Å². The van der Waals surface area contributed by atoms with E-state index in [1.54, 1.807) is 23.7 Å². The number of nitrogens with one attached hydrogen (secondary N) is 2. The molecule has 0 saturated carbocycles. The minimum Gasteiger partial charge on any atom is -0.382 e. The number of aromatic nitrogens is 1. The molecule has 0 unspecified atom stereocenters. The minimum atomic E-state index is -3.70. The highest BCUT2D eigenvalue weighted by molar-refractivity contribution is 7.93. The maximum Gasteiger partial charge on any atom is 0.263 e. The van der Waals surface area contributed by atoms with Crippen molar-refractivity contribution in [3.05, 3.63) is 34.8 Å². The highest BCUT2D eigenvalue weighted by atomic mass is 35.5. The molecule has 2 aromatic rings. The summed E-state index contributed by atoms with van der Waals surface area (Å²) in [5.74, 6) is 0.715. The molecule has 2 aliphatic heterocycles. The molecule has 9 heteroatoms. The van der Waals surface area contributed by atoms with E-state index in [1.807, 2.05) is 0 Å². The molecule has 1 aromatic carbocycles. The summed E-state index contributed by atoms with van der Waals surface area (Å²) < 4.78 is 27.4. The summed E-state index contributed by atoms with van der Waals surface area (Å²) in [6.45, 7) is 5.47. The maximum atomic E-state index is 12.5. The van der Waals surface area contributed by atoms with Crippen molar-refractivity contribution in [3.8, 4) is 0 Å². The lowest BCUT2D eigenvalue weighted by molar-refractivity contribution is 0.209. The second kappa shape index (κ2) is 7.24. The average molecular weight is 427 g/mol. The Morgan fingerprint density at radius 3 is 3.04 bits per heavy atom. The molecule has 3 heterocycles. The number of thiazole rings is 1. The van der Waals surface area contributed by atoms with Crippen LogP contribution in [0.5, 0.6) is 0 Å². The topological polar surface area (TPSA) is 74.3 Å². The fraction of sp³-hybridized carbons (Fsp3) is 0.500. The molecule has 4 rings (SSSR count). The van der Waals surface area contributed by atoms with Crippen LogP contribution >= 0.6 is 22.9 Å². The van der Waals surface area contributed by atoms with Crippen molar-refractivity contribution < 1.29 is 8.42 Å². The van der Waals surface area contributed by atoms with Gasteiger partial charge in [0.15, 0.2) is 5.13 Å². The molecule has 2 fully saturated rings. The van der Waals surface area contributed by atoms with Gasteiger partial charge in [-0.25, -0.2) is 13.4 Å². The average Bonchev–Trinajstić information content (AvgIpc) is 3.29. The Bertz CT molecular complexity index is 919. The van der Waals surface area contributed by atoms with E-state index in [0.29, 0.717) is 16.1 Å². The van der Waals surface area contributed by atoms with Gasteiger partial charge in [-0.3, -0.25) is 9.62 Å². The van der Waals surface area contributed by atoms with E-state index in [2.05, 4.69) is 26.8 Å². The molecule has 0 aliphatic carbocycles. The highest BCUT2D eigenvalue weighted by Gasteiger charge is 2.46. The fourth-order valence-corrected chi connectivity index (χ4v) is 6.51. The number of nitrogens with zero attached hydrogens (tertiary/aromatic N) is 2. The summed E-state index contributed by atoms with van der Waals surface area (Å²) in [5, 5.41) is 5.92. The molecule has 0 spiro atoms. The van der Waals surface area contributed by atoms with Gasteiger partial charge in [0.1, 0.15) is 0 Å². The summed E-state index contributed by atoms with van der Waals surface area (Å²) in [6, 6.07) is 4.81. The van der Waals surface area contributed by atoms with Gasteiger partial charge in [-0.05, 0) is 49.9 Å². The Balaban J connectivity index is 1.47. The molecule has 2 aliphatic rings. The van der Waals surface area contributed by atoms with Crippen LogP contribution in [0.15, 0.2) is 34.7 Å². The SMILES string of the molecule is C[C@@H]1CN2CCC[C@]2(CNc2ccc(S(=O)(=O)Nc3nccs3)cc2Cl)C1. The normalized spacial score (nSPS) is 25.5. The molecule has 2 N–H and O–H groups in total. The van der Waals surface area contributed by atoms with Gasteiger partial charge in [-0.2, -0.15) is 0 Å². The largest absolute Gasteiger partial charge is 0.382 e. The summed E-state index contributed by atoms with van der Waals surface area (Å²) in [4.78, 5) is 6.68. The quantitative estimate of drug-likeness (QED) is 0.733. The lowest BCUT2D eigenvalue weighted by Gasteiger charge is -2.32. The van der Waals surface area contributed by atoms with Crippen LogP contribution in [-0.4, -0.2) is 43.5 Å². The standard InChI is InChI=1S/C18H23ClN4O2S2/c1-13-10-18(5-2-7-23(18)11-13)12-21-16-4-3-14(9-15(16)19)27(24,25)22-17-20-6-8-26-17/h3-4,6,8-9,13,21H,2,5,7,10-12H2,1H3,(H,20,22)/t13-,18+/m0/s1. The van der Waals surface area contributed by atoms with Gasteiger partial charge < -0.3 is 5.32 Å². The number of anilines is 2. The highest BCUT2D eigenvalue weighted by Crippen LogP contribution is 2.41. The van der Waals surface area contributed by atoms with Crippen molar-refractivity contribution in [2.24, 2.45) is 5.92 Å². The molecule has 1 aromatic heterocycles. The lowest BCUT2D eigenvalue weighted by atomic mass is 9.90. The van der Waals surface area contributed by atoms with Gasteiger partial charge in [0.2, 0.25) is 0 Å². The number of rotatable bonds is 6. The third kappa shape index (κ3) is 3.81. The van der Waals surface area contributed by atoms with Crippen molar-refractivity contribution in [2.45, 2.75) is 36.6 Å². The third-order valence-corrected chi connectivity index (χ3v) is 7.98. The number of sulfonamides is 1. The molecule has 146 valence electrons. The predicted octanol–water partition coefficient (Wildman–Crippen LogP) is 3.88. The Kier molecular flexibility index (Phi) is 5.09. The van der Waals surface area contributed by atoms with E-state index in [4.69, 9.17) is 11.6 Å². The van der Waals surface area contributed by atoms with Crippen LogP contribution in [-0.2, 0) is 10.0 Å². The summed E-state index contributed by atoms with van der Waals surface area (Å²) in [6.07, 6.45) is 5.19. The minimum absolute atomic E-state index is 0.128. The van der Waals surface area contributed by atoms with Crippen molar-refractivity contribution >= 4 is 43.8 Å². The Morgan fingerprint density at radius 2 is 2.30 bits per heavy atom. The van der Waals surface area contributed by atoms with Crippen molar-refractivity contribution in [2.75, 3.05) is 29.7 Å². The van der Waals surface area contributed by atoms with Crippen LogP contribution in [0.4, 0.5) is 10.8 Å². The number of halogens is 1. The predicted molar refractivity (Wildman–Crippen MR) is 110 cm³/mol. The van der Waals surface area contributed by atoms with Crippen LogP contribution in [0.3, 0.4) is 0 Å². The number of hydrogen-bond acceptors (Lipinski definition) is 6. The first-order valence-electron chi connectivity index (χ1n) is 9.09. The first-order chi connectivity index (χ1) is 12.9. The second-order valence-corrected chi connectivity index (χ2v) is 10.5. The summed E-state index contributed by atoms with van der Waals surface area (Å²) in [5.41, 5.74) is 0.977. The van der Waals surface area contributed by atoms with Gasteiger partial charge >= 0.3 is 0 Å². The third-order valence-electron chi connectivity index (χ3n) is 5.51. The molecule has 6 nitrogen and oxygen atoms in total. The van der Waals surface area contributed by atoms with Gasteiger partial charge in [0.05, 0.1) is 15.6 Å². The molecule has 0 radical (unpaired) electrons.